The molecule has 5 nitrogen and oxygen atoms in total. The van der Waals surface area contributed by atoms with Crippen molar-refractivity contribution in [3.05, 3.63) is 46.9 Å². The second-order valence-electron chi connectivity index (χ2n) is 6.65. The Morgan fingerprint density at radius 1 is 1.16 bits per heavy atom. The van der Waals surface area contributed by atoms with Crippen LogP contribution in [0.4, 0.5) is 10.2 Å². The lowest BCUT2D eigenvalue weighted by Gasteiger charge is -2.19. The van der Waals surface area contributed by atoms with E-state index in [9.17, 15) is 4.39 Å². The monoisotopic (exact) mass is 339 g/mol. The molecule has 1 aromatic carbocycles. The van der Waals surface area contributed by atoms with Crippen LogP contribution in [0.1, 0.15) is 35.7 Å². The van der Waals surface area contributed by atoms with Crippen LogP contribution in [0.15, 0.2) is 18.2 Å². The van der Waals surface area contributed by atoms with E-state index in [0.29, 0.717) is 0 Å². The molecule has 6 heteroatoms. The normalized spacial score (nSPS) is 13.9. The quantitative estimate of drug-likeness (QED) is 0.792. The first-order valence-corrected chi connectivity index (χ1v) is 8.83. The van der Waals surface area contributed by atoms with Crippen LogP contribution >= 0.6 is 0 Å². The summed E-state index contributed by atoms with van der Waals surface area (Å²) in [7, 11) is 1.93. The lowest BCUT2D eigenvalue weighted by Crippen LogP contribution is -2.16. The number of anilines is 1. The first kappa shape index (κ1) is 16.0. The van der Waals surface area contributed by atoms with Crippen LogP contribution in [0.3, 0.4) is 0 Å². The van der Waals surface area contributed by atoms with E-state index in [0.717, 1.165) is 54.3 Å². The molecule has 2 aromatic heterocycles. The number of imidazole rings is 1. The standard InChI is InChI=1S/C19H22FN5/c1-12-22-15-6-4-3-5-14(15)19(23-12)21-10-9-18-24-16-8-7-13(20)11-17(16)25(18)2/h7-8,11H,3-6,9-10H2,1-2H3,(H,21,22,23). The molecule has 0 saturated carbocycles. The van der Waals surface area contributed by atoms with Gasteiger partial charge in [0.15, 0.2) is 0 Å². The van der Waals surface area contributed by atoms with Gasteiger partial charge in [0, 0.05) is 31.3 Å². The predicted molar refractivity (Wildman–Crippen MR) is 96.3 cm³/mol. The highest BCUT2D eigenvalue weighted by Gasteiger charge is 2.17. The molecule has 1 aliphatic carbocycles. The van der Waals surface area contributed by atoms with Crippen molar-refractivity contribution in [3.63, 3.8) is 0 Å². The topological polar surface area (TPSA) is 55.6 Å². The maximum absolute atomic E-state index is 13.4. The van der Waals surface area contributed by atoms with Gasteiger partial charge >= 0.3 is 0 Å². The molecule has 3 aromatic rings. The number of aryl methyl sites for hydroxylation is 3. The smallest absolute Gasteiger partial charge is 0.133 e. The van der Waals surface area contributed by atoms with Gasteiger partial charge < -0.3 is 9.88 Å². The van der Waals surface area contributed by atoms with Crippen LogP contribution < -0.4 is 5.32 Å². The van der Waals surface area contributed by atoms with Gasteiger partial charge in [0.25, 0.3) is 0 Å². The third-order valence-electron chi connectivity index (χ3n) is 4.87. The summed E-state index contributed by atoms with van der Waals surface area (Å²) in [5, 5.41) is 3.47. The number of nitrogens with zero attached hydrogens (tertiary/aromatic N) is 4. The Morgan fingerprint density at radius 3 is 2.88 bits per heavy atom. The third kappa shape index (κ3) is 3.08. The number of nitrogens with one attached hydrogen (secondary N) is 1. The van der Waals surface area contributed by atoms with Gasteiger partial charge in [-0.2, -0.15) is 0 Å². The van der Waals surface area contributed by atoms with E-state index >= 15 is 0 Å². The van der Waals surface area contributed by atoms with Crippen LogP contribution in [0.25, 0.3) is 11.0 Å². The van der Waals surface area contributed by atoms with Gasteiger partial charge in [0.1, 0.15) is 23.3 Å². The lowest BCUT2D eigenvalue weighted by molar-refractivity contribution is 0.628. The van der Waals surface area contributed by atoms with Crippen LogP contribution in [-0.4, -0.2) is 26.1 Å². The molecule has 4 rings (SSSR count). The van der Waals surface area contributed by atoms with Gasteiger partial charge in [0.2, 0.25) is 0 Å². The van der Waals surface area contributed by atoms with Gasteiger partial charge in [-0.1, -0.05) is 0 Å². The Balaban J connectivity index is 1.52. The van der Waals surface area contributed by atoms with Crippen LogP contribution in [0, 0.1) is 12.7 Å². The summed E-state index contributed by atoms with van der Waals surface area (Å²) in [5.41, 5.74) is 4.11. The first-order chi connectivity index (χ1) is 12.1. The minimum absolute atomic E-state index is 0.233. The van der Waals surface area contributed by atoms with Crippen LogP contribution in [0.5, 0.6) is 0 Å². The van der Waals surface area contributed by atoms with Crippen LogP contribution in [-0.2, 0) is 26.3 Å². The zero-order chi connectivity index (χ0) is 17.4. The number of benzene rings is 1. The summed E-state index contributed by atoms with van der Waals surface area (Å²) in [5.74, 6) is 2.49. The van der Waals surface area contributed by atoms with Crippen LogP contribution in [0.2, 0.25) is 0 Å². The second kappa shape index (κ2) is 6.43. The van der Waals surface area contributed by atoms with E-state index in [1.165, 1.54) is 36.2 Å². The number of hydrogen-bond acceptors (Lipinski definition) is 4. The fourth-order valence-corrected chi connectivity index (χ4v) is 3.59. The summed E-state index contributed by atoms with van der Waals surface area (Å²) in [6.45, 7) is 2.68. The summed E-state index contributed by atoms with van der Waals surface area (Å²) in [4.78, 5) is 13.8. The molecule has 0 atom stereocenters. The summed E-state index contributed by atoms with van der Waals surface area (Å²) in [6.07, 6.45) is 5.25. The van der Waals surface area contributed by atoms with E-state index in [1.807, 2.05) is 18.5 Å². The number of aromatic nitrogens is 4. The van der Waals surface area contributed by atoms with Crippen molar-refractivity contribution >= 4 is 16.9 Å². The molecule has 0 fully saturated rings. The lowest BCUT2D eigenvalue weighted by atomic mass is 9.96. The van der Waals surface area contributed by atoms with Crippen molar-refractivity contribution in [1.82, 2.24) is 19.5 Å². The molecule has 0 radical (unpaired) electrons. The Hall–Kier alpha value is -2.50. The Bertz CT molecular complexity index is 931. The molecular weight excluding hydrogens is 317 g/mol. The highest BCUT2D eigenvalue weighted by Crippen LogP contribution is 2.25. The molecule has 2 heterocycles. The summed E-state index contributed by atoms with van der Waals surface area (Å²) >= 11 is 0. The van der Waals surface area contributed by atoms with Gasteiger partial charge in [-0.3, -0.25) is 0 Å². The van der Waals surface area contributed by atoms with Gasteiger partial charge in [0.05, 0.1) is 11.0 Å². The van der Waals surface area contributed by atoms with E-state index in [1.54, 1.807) is 6.07 Å². The van der Waals surface area contributed by atoms with Crippen molar-refractivity contribution in [3.8, 4) is 0 Å². The molecule has 1 aliphatic rings. The average molecular weight is 339 g/mol. The van der Waals surface area contributed by atoms with Gasteiger partial charge in [-0.05, 0) is 50.8 Å². The fourth-order valence-electron chi connectivity index (χ4n) is 3.59. The Kier molecular flexibility index (Phi) is 4.11. The first-order valence-electron chi connectivity index (χ1n) is 8.83. The Morgan fingerprint density at radius 2 is 2.00 bits per heavy atom. The second-order valence-corrected chi connectivity index (χ2v) is 6.65. The van der Waals surface area contributed by atoms with Crippen molar-refractivity contribution in [2.24, 2.45) is 7.05 Å². The van der Waals surface area contributed by atoms with E-state index < -0.39 is 0 Å². The average Bonchev–Trinajstić information content (AvgIpc) is 2.90. The van der Waals surface area contributed by atoms with E-state index in [-0.39, 0.29) is 5.82 Å². The summed E-state index contributed by atoms with van der Waals surface area (Å²) < 4.78 is 15.4. The minimum Gasteiger partial charge on any atom is -0.369 e. The summed E-state index contributed by atoms with van der Waals surface area (Å²) in [6, 6.07) is 4.71. The maximum Gasteiger partial charge on any atom is 0.133 e. The van der Waals surface area contributed by atoms with Crippen molar-refractivity contribution in [2.45, 2.75) is 39.0 Å². The maximum atomic E-state index is 13.4. The molecule has 0 amide bonds. The largest absolute Gasteiger partial charge is 0.369 e. The molecule has 0 aliphatic heterocycles. The number of fused-ring (bicyclic) bond motifs is 2. The predicted octanol–water partition coefficient (Wildman–Crippen LogP) is 3.34. The van der Waals surface area contributed by atoms with Crippen molar-refractivity contribution in [1.29, 1.82) is 0 Å². The number of hydrogen-bond donors (Lipinski definition) is 1. The molecule has 130 valence electrons. The zero-order valence-corrected chi connectivity index (χ0v) is 14.6. The van der Waals surface area contributed by atoms with Gasteiger partial charge in [-0.25, -0.2) is 19.3 Å². The number of halogens is 1. The molecule has 0 saturated heterocycles. The van der Waals surface area contributed by atoms with E-state index in [2.05, 4.69) is 20.3 Å². The minimum atomic E-state index is -0.233. The van der Waals surface area contributed by atoms with Gasteiger partial charge in [-0.15, -0.1) is 0 Å². The number of rotatable bonds is 4. The Labute approximate surface area is 146 Å². The molecule has 0 spiro atoms. The highest BCUT2D eigenvalue weighted by atomic mass is 19.1. The molecule has 1 N–H and O–H groups in total. The zero-order valence-electron chi connectivity index (χ0n) is 14.6. The van der Waals surface area contributed by atoms with E-state index in [4.69, 9.17) is 0 Å². The molecule has 0 unspecified atom stereocenters. The van der Waals surface area contributed by atoms with Crippen molar-refractivity contribution < 1.29 is 4.39 Å². The van der Waals surface area contributed by atoms with Crippen molar-refractivity contribution in [2.75, 3.05) is 11.9 Å². The SMILES string of the molecule is Cc1nc2c(c(NCCc3nc4ccc(F)cc4n3C)n1)CCCC2. The molecular formula is C19H22FN5. The third-order valence-corrected chi connectivity index (χ3v) is 4.87. The molecule has 25 heavy (non-hydrogen) atoms. The highest BCUT2D eigenvalue weighted by molar-refractivity contribution is 5.76. The molecule has 0 bridgehead atoms. The fraction of sp³-hybridized carbons (Fsp3) is 0.421.